The number of rotatable bonds is 8. The van der Waals surface area contributed by atoms with Gasteiger partial charge in [0.1, 0.15) is 5.01 Å². The van der Waals surface area contributed by atoms with Crippen LogP contribution < -0.4 is 10.6 Å². The molecule has 0 aromatic carbocycles. The maximum absolute atomic E-state index is 4.70. The number of thiazole rings is 1. The van der Waals surface area contributed by atoms with Crippen molar-refractivity contribution in [3.05, 3.63) is 16.1 Å². The molecule has 0 saturated carbocycles. The van der Waals surface area contributed by atoms with E-state index >= 15 is 0 Å². The van der Waals surface area contributed by atoms with E-state index in [0.717, 1.165) is 30.0 Å². The summed E-state index contributed by atoms with van der Waals surface area (Å²) in [4.78, 5) is 11.9. The first-order valence-corrected chi connectivity index (χ1v) is 10.2. The Balaban J connectivity index is 0.00000312. The van der Waals surface area contributed by atoms with Crippen molar-refractivity contribution in [3.63, 3.8) is 0 Å². The third-order valence-corrected chi connectivity index (χ3v) is 5.20. The number of halogens is 1. The van der Waals surface area contributed by atoms with Gasteiger partial charge in [0.2, 0.25) is 0 Å². The van der Waals surface area contributed by atoms with Crippen molar-refractivity contribution in [1.82, 2.24) is 20.5 Å². The zero-order chi connectivity index (χ0) is 17.4. The molecule has 7 heteroatoms. The molecule has 144 valence electrons. The molecule has 1 saturated heterocycles. The number of guanidine groups is 1. The van der Waals surface area contributed by atoms with E-state index in [-0.39, 0.29) is 24.0 Å². The van der Waals surface area contributed by atoms with Crippen LogP contribution in [0.5, 0.6) is 0 Å². The van der Waals surface area contributed by atoms with Gasteiger partial charge >= 0.3 is 0 Å². The van der Waals surface area contributed by atoms with Crippen molar-refractivity contribution in [3.8, 4) is 0 Å². The summed E-state index contributed by atoms with van der Waals surface area (Å²) < 4.78 is 0. The number of hydrogen-bond acceptors (Lipinski definition) is 4. The second-order valence-corrected chi connectivity index (χ2v) is 7.79. The molecule has 1 aliphatic rings. The van der Waals surface area contributed by atoms with Crippen LogP contribution in [0.25, 0.3) is 0 Å². The molecule has 2 N–H and O–H groups in total. The zero-order valence-electron chi connectivity index (χ0n) is 16.0. The minimum atomic E-state index is 0. The fourth-order valence-corrected chi connectivity index (χ4v) is 3.87. The van der Waals surface area contributed by atoms with E-state index in [4.69, 9.17) is 4.99 Å². The van der Waals surface area contributed by atoms with Gasteiger partial charge in [-0.15, -0.1) is 35.3 Å². The Labute approximate surface area is 174 Å². The summed E-state index contributed by atoms with van der Waals surface area (Å²) in [5.74, 6) is 2.12. The van der Waals surface area contributed by atoms with E-state index in [9.17, 15) is 0 Å². The summed E-state index contributed by atoms with van der Waals surface area (Å²) in [7, 11) is 0. The molecule has 0 spiro atoms. The number of aliphatic imine (C=N–C) groups is 1. The molecular formula is C18H34IN5S. The smallest absolute Gasteiger partial charge is 0.191 e. The van der Waals surface area contributed by atoms with Crippen molar-refractivity contribution >= 4 is 41.3 Å². The van der Waals surface area contributed by atoms with E-state index in [0.29, 0.717) is 12.5 Å². The lowest BCUT2D eigenvalue weighted by Gasteiger charge is -2.16. The summed E-state index contributed by atoms with van der Waals surface area (Å²) in [6, 6.07) is 0. The monoisotopic (exact) mass is 479 g/mol. The minimum absolute atomic E-state index is 0. The molecular weight excluding hydrogens is 445 g/mol. The molecule has 1 fully saturated rings. The average molecular weight is 479 g/mol. The predicted octanol–water partition coefficient (Wildman–Crippen LogP) is 3.67. The minimum Gasteiger partial charge on any atom is -0.357 e. The number of aromatic nitrogens is 1. The Morgan fingerprint density at radius 1 is 1.40 bits per heavy atom. The standard InChI is InChI=1S/C18H33N5S.HI/c1-5-8-23-9-7-15(12-23)10-20-18(19-6-2)21-11-17-22-16(13-24-17)14(3)4;/h13-15H,5-12H2,1-4H3,(H2,19,20,21);1H. The highest BCUT2D eigenvalue weighted by Gasteiger charge is 2.21. The summed E-state index contributed by atoms with van der Waals surface area (Å²) in [6.07, 6.45) is 2.53. The van der Waals surface area contributed by atoms with E-state index in [1.54, 1.807) is 11.3 Å². The molecule has 1 aromatic heterocycles. The summed E-state index contributed by atoms with van der Waals surface area (Å²) in [5.41, 5.74) is 1.17. The largest absolute Gasteiger partial charge is 0.357 e. The molecule has 1 atom stereocenters. The molecule has 0 radical (unpaired) electrons. The highest BCUT2D eigenvalue weighted by molar-refractivity contribution is 14.0. The fourth-order valence-electron chi connectivity index (χ4n) is 2.99. The van der Waals surface area contributed by atoms with Crippen LogP contribution in [0.2, 0.25) is 0 Å². The first kappa shape index (κ1) is 22.6. The molecule has 0 bridgehead atoms. The van der Waals surface area contributed by atoms with Crippen LogP contribution in [0.1, 0.15) is 57.2 Å². The van der Waals surface area contributed by atoms with Crippen molar-refractivity contribution in [2.75, 3.05) is 32.7 Å². The third kappa shape index (κ3) is 7.78. The van der Waals surface area contributed by atoms with Gasteiger partial charge in [-0.2, -0.15) is 0 Å². The quantitative estimate of drug-likeness (QED) is 0.340. The number of nitrogens with one attached hydrogen (secondary N) is 2. The van der Waals surface area contributed by atoms with Gasteiger partial charge in [-0.1, -0.05) is 20.8 Å². The number of likely N-dealkylation sites (tertiary alicyclic amines) is 1. The first-order chi connectivity index (χ1) is 11.6. The first-order valence-electron chi connectivity index (χ1n) is 9.31. The maximum Gasteiger partial charge on any atom is 0.191 e. The molecule has 2 rings (SSSR count). The lowest BCUT2D eigenvalue weighted by molar-refractivity contribution is 0.324. The van der Waals surface area contributed by atoms with Gasteiger partial charge in [-0.05, 0) is 44.7 Å². The Kier molecular flexibility index (Phi) is 10.9. The van der Waals surface area contributed by atoms with E-state index < -0.39 is 0 Å². The van der Waals surface area contributed by atoms with Gasteiger partial charge in [-0.25, -0.2) is 9.98 Å². The lowest BCUT2D eigenvalue weighted by Crippen LogP contribution is -2.40. The van der Waals surface area contributed by atoms with Gasteiger partial charge < -0.3 is 15.5 Å². The second kappa shape index (κ2) is 12.1. The Morgan fingerprint density at radius 3 is 2.84 bits per heavy atom. The van der Waals surface area contributed by atoms with Crippen LogP contribution in [0, 0.1) is 5.92 Å². The van der Waals surface area contributed by atoms with E-state index in [1.807, 2.05) is 0 Å². The Morgan fingerprint density at radius 2 is 2.20 bits per heavy atom. The van der Waals surface area contributed by atoms with Gasteiger partial charge in [0.15, 0.2) is 5.96 Å². The average Bonchev–Trinajstić information content (AvgIpc) is 3.20. The highest BCUT2D eigenvalue weighted by Crippen LogP contribution is 2.18. The molecule has 1 unspecified atom stereocenters. The number of hydrogen-bond donors (Lipinski definition) is 2. The molecule has 25 heavy (non-hydrogen) atoms. The fraction of sp³-hybridized carbons (Fsp3) is 0.778. The van der Waals surface area contributed by atoms with E-state index in [1.165, 1.54) is 38.2 Å². The third-order valence-electron chi connectivity index (χ3n) is 4.35. The molecule has 0 amide bonds. The predicted molar refractivity (Wildman–Crippen MR) is 119 cm³/mol. The van der Waals surface area contributed by atoms with Crippen molar-refractivity contribution in [1.29, 1.82) is 0 Å². The van der Waals surface area contributed by atoms with Crippen LogP contribution >= 0.6 is 35.3 Å². The summed E-state index contributed by atoms with van der Waals surface area (Å²) in [6.45, 7) is 14.9. The van der Waals surface area contributed by atoms with Crippen molar-refractivity contribution in [2.45, 2.75) is 53.0 Å². The summed E-state index contributed by atoms with van der Waals surface area (Å²) in [5, 5.41) is 10.1. The van der Waals surface area contributed by atoms with Crippen LogP contribution in [-0.4, -0.2) is 48.6 Å². The normalized spacial score (nSPS) is 18.4. The van der Waals surface area contributed by atoms with Gasteiger partial charge in [0.25, 0.3) is 0 Å². The lowest BCUT2D eigenvalue weighted by atomic mass is 10.1. The zero-order valence-corrected chi connectivity index (χ0v) is 19.2. The molecule has 1 aliphatic heterocycles. The maximum atomic E-state index is 4.70. The topological polar surface area (TPSA) is 52.5 Å². The highest BCUT2D eigenvalue weighted by atomic mass is 127. The molecule has 2 heterocycles. The van der Waals surface area contributed by atoms with Crippen LogP contribution in [0.3, 0.4) is 0 Å². The second-order valence-electron chi connectivity index (χ2n) is 6.85. The SMILES string of the molecule is CCCN1CCC(CNC(=NCc2nc(C(C)C)cs2)NCC)C1.I. The van der Waals surface area contributed by atoms with Gasteiger partial charge in [-0.3, -0.25) is 0 Å². The number of nitrogens with zero attached hydrogens (tertiary/aromatic N) is 3. The van der Waals surface area contributed by atoms with Crippen LogP contribution in [-0.2, 0) is 6.54 Å². The van der Waals surface area contributed by atoms with E-state index in [2.05, 4.69) is 53.6 Å². The van der Waals surface area contributed by atoms with Crippen molar-refractivity contribution in [2.24, 2.45) is 10.9 Å². The van der Waals surface area contributed by atoms with Crippen molar-refractivity contribution < 1.29 is 0 Å². The van der Waals surface area contributed by atoms with Crippen LogP contribution in [0.4, 0.5) is 0 Å². The molecule has 1 aromatic rings. The van der Waals surface area contributed by atoms with Crippen LogP contribution in [0.15, 0.2) is 10.4 Å². The molecule has 0 aliphatic carbocycles. The summed E-state index contributed by atoms with van der Waals surface area (Å²) >= 11 is 1.71. The van der Waals surface area contributed by atoms with Gasteiger partial charge in [0.05, 0.1) is 12.2 Å². The Hall–Kier alpha value is -0.410. The van der Waals surface area contributed by atoms with Gasteiger partial charge in [0, 0.05) is 25.0 Å². The Bertz CT molecular complexity index is 517. The molecule has 5 nitrogen and oxygen atoms in total.